The van der Waals surface area contributed by atoms with E-state index in [1.165, 1.54) is 4.88 Å². The highest BCUT2D eigenvalue weighted by molar-refractivity contribution is 7.09. The predicted octanol–water partition coefficient (Wildman–Crippen LogP) is 2.35. The van der Waals surface area contributed by atoms with Gasteiger partial charge in [-0.1, -0.05) is 18.2 Å². The number of rotatable bonds is 5. The van der Waals surface area contributed by atoms with Crippen molar-refractivity contribution in [1.29, 1.82) is 0 Å². The molecule has 0 bridgehead atoms. The lowest BCUT2D eigenvalue weighted by atomic mass is 10.1. The van der Waals surface area contributed by atoms with Crippen molar-refractivity contribution in [3.8, 4) is 0 Å². The second kappa shape index (κ2) is 6.33. The van der Waals surface area contributed by atoms with E-state index in [1.54, 1.807) is 18.4 Å². The molecule has 0 fully saturated rings. The van der Waals surface area contributed by atoms with Crippen molar-refractivity contribution < 1.29 is 4.79 Å². The van der Waals surface area contributed by atoms with Gasteiger partial charge in [0.05, 0.1) is 24.2 Å². The van der Waals surface area contributed by atoms with E-state index in [0.29, 0.717) is 6.42 Å². The van der Waals surface area contributed by atoms with Crippen LogP contribution in [-0.2, 0) is 17.8 Å². The van der Waals surface area contributed by atoms with E-state index >= 15 is 0 Å². The molecule has 1 aromatic heterocycles. The number of hydrogen-bond acceptors (Lipinski definition) is 4. The summed E-state index contributed by atoms with van der Waals surface area (Å²) in [6, 6.07) is 7.88. The summed E-state index contributed by atoms with van der Waals surface area (Å²) in [5.74, 6) is 0.0169. The number of aromatic nitrogens is 1. The van der Waals surface area contributed by atoms with Crippen LogP contribution in [0.4, 0.5) is 5.69 Å². The van der Waals surface area contributed by atoms with E-state index in [9.17, 15) is 4.79 Å². The Balaban J connectivity index is 2.07. The van der Waals surface area contributed by atoms with Crippen LogP contribution in [0.5, 0.6) is 0 Å². The lowest BCUT2D eigenvalue weighted by Gasteiger charge is -2.11. The molecule has 4 nitrogen and oxygen atoms in total. The third-order valence-corrected chi connectivity index (χ3v) is 3.87. The molecule has 0 atom stereocenters. The number of hydrogen-bond donors (Lipinski definition) is 2. The van der Waals surface area contributed by atoms with Crippen LogP contribution in [0.25, 0.3) is 0 Å². The number of likely N-dealkylation sites (N-methyl/N-ethyl adjacent to an activating group) is 1. The van der Waals surface area contributed by atoms with E-state index in [0.717, 1.165) is 23.5 Å². The summed E-state index contributed by atoms with van der Waals surface area (Å²) in [6.07, 6.45) is 0.390. The summed E-state index contributed by atoms with van der Waals surface area (Å²) < 4.78 is 0. The van der Waals surface area contributed by atoms with E-state index in [1.807, 2.05) is 36.7 Å². The molecule has 2 aromatic rings. The molecule has 0 saturated carbocycles. The molecule has 0 aliphatic carbocycles. The standard InChI is InChI=1S/C14H17N3OS/c1-10-13(19-9-17-10)8-16-12-6-4-3-5-11(12)7-14(18)15-2/h3-6,9,16H,7-8H2,1-2H3,(H,15,18). The lowest BCUT2D eigenvalue weighted by molar-refractivity contribution is -0.119. The molecule has 1 aromatic carbocycles. The smallest absolute Gasteiger partial charge is 0.224 e. The van der Waals surface area contributed by atoms with Crippen LogP contribution in [0.3, 0.4) is 0 Å². The van der Waals surface area contributed by atoms with Crippen molar-refractivity contribution in [1.82, 2.24) is 10.3 Å². The average Bonchev–Trinajstić information content (AvgIpc) is 2.83. The zero-order valence-corrected chi connectivity index (χ0v) is 11.9. The van der Waals surface area contributed by atoms with Crippen LogP contribution < -0.4 is 10.6 Å². The number of para-hydroxylation sites is 1. The minimum absolute atomic E-state index is 0.0169. The van der Waals surface area contributed by atoms with E-state index in [4.69, 9.17) is 0 Å². The fourth-order valence-corrected chi connectivity index (χ4v) is 2.50. The number of nitrogens with zero attached hydrogens (tertiary/aromatic N) is 1. The number of nitrogens with one attached hydrogen (secondary N) is 2. The molecule has 0 spiro atoms. The number of carbonyl (C=O) groups is 1. The van der Waals surface area contributed by atoms with Crippen molar-refractivity contribution >= 4 is 22.9 Å². The molecule has 0 aliphatic heterocycles. The largest absolute Gasteiger partial charge is 0.380 e. The number of amides is 1. The van der Waals surface area contributed by atoms with Crippen LogP contribution in [0.1, 0.15) is 16.1 Å². The molecule has 0 unspecified atom stereocenters. The monoisotopic (exact) mass is 275 g/mol. The first-order valence-corrected chi connectivity index (χ1v) is 7.00. The normalized spacial score (nSPS) is 10.2. The fraction of sp³-hybridized carbons (Fsp3) is 0.286. The van der Waals surface area contributed by atoms with Gasteiger partial charge < -0.3 is 10.6 Å². The molecule has 2 rings (SSSR count). The molecule has 19 heavy (non-hydrogen) atoms. The first-order valence-electron chi connectivity index (χ1n) is 6.12. The zero-order valence-electron chi connectivity index (χ0n) is 11.1. The van der Waals surface area contributed by atoms with E-state index < -0.39 is 0 Å². The second-order valence-electron chi connectivity index (χ2n) is 4.22. The summed E-state index contributed by atoms with van der Waals surface area (Å²) in [4.78, 5) is 16.9. The molecule has 5 heteroatoms. The maximum Gasteiger partial charge on any atom is 0.224 e. The number of carbonyl (C=O) groups excluding carboxylic acids is 1. The molecule has 0 saturated heterocycles. The van der Waals surface area contributed by atoms with Gasteiger partial charge in [-0.25, -0.2) is 4.98 Å². The predicted molar refractivity (Wildman–Crippen MR) is 78.4 cm³/mol. The minimum atomic E-state index is 0.0169. The van der Waals surface area contributed by atoms with Gasteiger partial charge >= 0.3 is 0 Å². The third kappa shape index (κ3) is 3.54. The number of anilines is 1. The summed E-state index contributed by atoms with van der Waals surface area (Å²) in [6.45, 7) is 2.74. The van der Waals surface area contributed by atoms with E-state index in [2.05, 4.69) is 15.6 Å². The first-order chi connectivity index (χ1) is 9.20. The Hall–Kier alpha value is -1.88. The maximum atomic E-state index is 11.5. The van der Waals surface area contributed by atoms with Gasteiger partial charge in [0.1, 0.15) is 0 Å². The average molecular weight is 275 g/mol. The highest BCUT2D eigenvalue weighted by Gasteiger charge is 2.07. The van der Waals surface area contributed by atoms with Gasteiger partial charge in [-0.3, -0.25) is 4.79 Å². The maximum absolute atomic E-state index is 11.5. The molecule has 2 N–H and O–H groups in total. The van der Waals surface area contributed by atoms with Gasteiger partial charge in [0, 0.05) is 17.6 Å². The molecule has 0 radical (unpaired) electrons. The highest BCUT2D eigenvalue weighted by Crippen LogP contribution is 2.19. The molecule has 100 valence electrons. The van der Waals surface area contributed by atoms with Gasteiger partial charge in [-0.2, -0.15) is 0 Å². The number of benzene rings is 1. The first kappa shape index (κ1) is 13.5. The van der Waals surface area contributed by atoms with Crippen LogP contribution in [0.2, 0.25) is 0 Å². The summed E-state index contributed by atoms with van der Waals surface area (Å²) >= 11 is 1.64. The zero-order chi connectivity index (χ0) is 13.7. The third-order valence-electron chi connectivity index (χ3n) is 2.93. The Morgan fingerprint density at radius 3 is 2.84 bits per heavy atom. The fourth-order valence-electron chi connectivity index (χ4n) is 1.78. The molecule has 0 aliphatic rings. The Morgan fingerprint density at radius 2 is 2.16 bits per heavy atom. The van der Waals surface area contributed by atoms with Crippen molar-refractivity contribution in [3.05, 3.63) is 45.9 Å². The molecular weight excluding hydrogens is 258 g/mol. The Kier molecular flexibility index (Phi) is 4.52. The van der Waals surface area contributed by atoms with Crippen LogP contribution in [0.15, 0.2) is 29.8 Å². The Labute approximate surface area is 116 Å². The van der Waals surface area contributed by atoms with Gasteiger partial charge in [0.15, 0.2) is 0 Å². The number of aryl methyl sites for hydroxylation is 1. The Morgan fingerprint density at radius 1 is 1.37 bits per heavy atom. The van der Waals surface area contributed by atoms with Crippen molar-refractivity contribution in [3.63, 3.8) is 0 Å². The highest BCUT2D eigenvalue weighted by atomic mass is 32.1. The van der Waals surface area contributed by atoms with Crippen LogP contribution in [-0.4, -0.2) is 17.9 Å². The second-order valence-corrected chi connectivity index (χ2v) is 5.16. The van der Waals surface area contributed by atoms with Gasteiger partial charge in [-0.15, -0.1) is 11.3 Å². The van der Waals surface area contributed by atoms with E-state index in [-0.39, 0.29) is 5.91 Å². The minimum Gasteiger partial charge on any atom is -0.380 e. The van der Waals surface area contributed by atoms with Gasteiger partial charge in [0.2, 0.25) is 5.91 Å². The lowest BCUT2D eigenvalue weighted by Crippen LogP contribution is -2.20. The quantitative estimate of drug-likeness (QED) is 0.880. The summed E-state index contributed by atoms with van der Waals surface area (Å²) in [5, 5.41) is 6.02. The van der Waals surface area contributed by atoms with Crippen LogP contribution in [0, 0.1) is 6.92 Å². The van der Waals surface area contributed by atoms with Crippen molar-refractivity contribution in [2.24, 2.45) is 0 Å². The van der Waals surface area contributed by atoms with Crippen molar-refractivity contribution in [2.75, 3.05) is 12.4 Å². The van der Waals surface area contributed by atoms with Crippen LogP contribution >= 0.6 is 11.3 Å². The van der Waals surface area contributed by atoms with Crippen molar-refractivity contribution in [2.45, 2.75) is 19.9 Å². The molecule has 1 amide bonds. The Bertz CT molecular complexity index is 565. The summed E-state index contributed by atoms with van der Waals surface area (Å²) in [7, 11) is 1.65. The number of thiazole rings is 1. The van der Waals surface area contributed by atoms with Gasteiger partial charge in [0.25, 0.3) is 0 Å². The van der Waals surface area contributed by atoms with Gasteiger partial charge in [-0.05, 0) is 18.6 Å². The molecule has 1 heterocycles. The SMILES string of the molecule is CNC(=O)Cc1ccccc1NCc1scnc1C. The summed E-state index contributed by atoms with van der Waals surface area (Å²) in [5.41, 5.74) is 4.91. The topological polar surface area (TPSA) is 54.0 Å². The molecular formula is C14H17N3OS.